The number of carbonyl (C=O) groups is 1. The van der Waals surface area contributed by atoms with Gasteiger partial charge in [-0.3, -0.25) is 4.79 Å². The highest BCUT2D eigenvalue weighted by Crippen LogP contribution is 2.09. The Hall–Kier alpha value is 0.0500. The van der Waals surface area contributed by atoms with Crippen molar-refractivity contribution in [1.82, 2.24) is 0 Å². The van der Waals surface area contributed by atoms with Gasteiger partial charge in [-0.25, -0.2) is 0 Å². The highest BCUT2D eigenvalue weighted by Gasteiger charge is 2.08. The summed E-state index contributed by atoms with van der Waals surface area (Å²) in [6.45, 7) is 3.93. The average Bonchev–Trinajstić information content (AvgIpc) is 1.97. The van der Waals surface area contributed by atoms with Crippen LogP contribution in [0.2, 0.25) is 0 Å². The molecular formula is C9H20Cl2O2. The first-order chi connectivity index (χ1) is 5.18. The molecule has 0 heterocycles. The second kappa shape index (κ2) is 12.0. The van der Waals surface area contributed by atoms with Gasteiger partial charge in [-0.1, -0.05) is 39.5 Å². The third-order valence-electron chi connectivity index (χ3n) is 1.91. The summed E-state index contributed by atoms with van der Waals surface area (Å²) in [5.74, 6) is -0.826. The number of halogens is 2. The first-order valence-electron chi connectivity index (χ1n) is 4.41. The van der Waals surface area contributed by atoms with Gasteiger partial charge in [0.05, 0.1) is 5.92 Å². The van der Waals surface area contributed by atoms with E-state index in [1.165, 1.54) is 19.3 Å². The van der Waals surface area contributed by atoms with Crippen LogP contribution in [-0.2, 0) is 4.79 Å². The van der Waals surface area contributed by atoms with E-state index in [0.29, 0.717) is 0 Å². The zero-order valence-corrected chi connectivity index (χ0v) is 9.92. The Labute approximate surface area is 92.9 Å². The number of hydrogen-bond donors (Lipinski definition) is 1. The molecule has 0 bridgehead atoms. The minimum atomic E-state index is -0.665. The van der Waals surface area contributed by atoms with Crippen molar-refractivity contribution in [2.45, 2.75) is 46.0 Å². The number of unbranched alkanes of at least 4 members (excludes halogenated alkanes) is 3. The summed E-state index contributed by atoms with van der Waals surface area (Å²) in [4.78, 5) is 10.4. The smallest absolute Gasteiger partial charge is 0.306 e. The van der Waals surface area contributed by atoms with Gasteiger partial charge in [-0.15, -0.1) is 24.8 Å². The van der Waals surface area contributed by atoms with E-state index in [2.05, 4.69) is 6.92 Å². The maximum atomic E-state index is 10.4. The summed E-state index contributed by atoms with van der Waals surface area (Å²) < 4.78 is 0. The first-order valence-corrected chi connectivity index (χ1v) is 4.41. The molecule has 0 radical (unpaired) electrons. The minimum absolute atomic E-state index is 0. The molecule has 1 atom stereocenters. The van der Waals surface area contributed by atoms with Gasteiger partial charge in [0.2, 0.25) is 0 Å². The molecule has 0 amide bonds. The molecule has 0 aromatic rings. The molecule has 0 spiro atoms. The molecule has 1 unspecified atom stereocenters. The van der Waals surface area contributed by atoms with E-state index < -0.39 is 5.97 Å². The highest BCUT2D eigenvalue weighted by atomic mass is 35.5. The van der Waals surface area contributed by atoms with Crippen LogP contribution in [0.3, 0.4) is 0 Å². The van der Waals surface area contributed by atoms with Crippen molar-refractivity contribution in [3.8, 4) is 0 Å². The fourth-order valence-electron chi connectivity index (χ4n) is 1.00. The summed E-state index contributed by atoms with van der Waals surface area (Å²) >= 11 is 0. The first kappa shape index (κ1) is 18.8. The molecule has 2 nitrogen and oxygen atoms in total. The Kier molecular flexibility index (Phi) is 17.4. The lowest BCUT2D eigenvalue weighted by atomic mass is 10.0. The van der Waals surface area contributed by atoms with Crippen molar-refractivity contribution in [1.29, 1.82) is 0 Å². The average molecular weight is 231 g/mol. The molecule has 0 saturated carbocycles. The Morgan fingerprint density at radius 1 is 1.23 bits per heavy atom. The van der Waals surface area contributed by atoms with Crippen LogP contribution in [0.4, 0.5) is 0 Å². The molecule has 82 valence electrons. The predicted molar refractivity (Wildman–Crippen MR) is 60.1 cm³/mol. The summed E-state index contributed by atoms with van der Waals surface area (Å²) in [5, 5.41) is 8.54. The predicted octanol–water partition coefficient (Wildman–Crippen LogP) is 3.52. The molecule has 1 N–H and O–H groups in total. The van der Waals surface area contributed by atoms with Gasteiger partial charge in [0.1, 0.15) is 0 Å². The van der Waals surface area contributed by atoms with E-state index in [-0.39, 0.29) is 30.7 Å². The third-order valence-corrected chi connectivity index (χ3v) is 1.91. The monoisotopic (exact) mass is 230 g/mol. The molecule has 13 heavy (non-hydrogen) atoms. The normalized spacial score (nSPS) is 10.9. The molecule has 0 saturated heterocycles. The number of rotatable bonds is 6. The quantitative estimate of drug-likeness (QED) is 0.710. The van der Waals surface area contributed by atoms with Crippen LogP contribution in [-0.4, -0.2) is 11.1 Å². The van der Waals surface area contributed by atoms with Crippen LogP contribution >= 0.6 is 24.8 Å². The standard InChI is InChI=1S/C9H18O2.2ClH/c1-3-4-5-6-7-8(2)9(10)11;;/h8H,3-7H2,1-2H3,(H,10,11);2*1H. The molecule has 0 rings (SSSR count). The Balaban J connectivity index is -0.000000500. The molecule has 0 aromatic carbocycles. The van der Waals surface area contributed by atoms with Crippen LogP contribution in [0.5, 0.6) is 0 Å². The van der Waals surface area contributed by atoms with Gasteiger partial charge in [0.25, 0.3) is 0 Å². The summed E-state index contributed by atoms with van der Waals surface area (Å²) in [7, 11) is 0. The maximum absolute atomic E-state index is 10.4. The van der Waals surface area contributed by atoms with Gasteiger partial charge in [0.15, 0.2) is 0 Å². The number of carboxylic acid groups (broad SMARTS) is 1. The Bertz CT molecular complexity index is 118. The van der Waals surface area contributed by atoms with E-state index in [9.17, 15) is 4.79 Å². The van der Waals surface area contributed by atoms with Crippen molar-refractivity contribution in [2.24, 2.45) is 5.92 Å². The second-order valence-corrected chi connectivity index (χ2v) is 3.09. The van der Waals surface area contributed by atoms with Crippen LogP contribution in [0.15, 0.2) is 0 Å². The fourth-order valence-corrected chi connectivity index (χ4v) is 1.00. The molecule has 0 aromatic heterocycles. The topological polar surface area (TPSA) is 37.3 Å². The maximum Gasteiger partial charge on any atom is 0.306 e. The lowest BCUT2D eigenvalue weighted by Gasteiger charge is -2.04. The summed E-state index contributed by atoms with van der Waals surface area (Å²) in [5.41, 5.74) is 0. The van der Waals surface area contributed by atoms with E-state index in [0.717, 1.165) is 12.8 Å². The van der Waals surface area contributed by atoms with E-state index in [1.807, 2.05) is 0 Å². The SMILES string of the molecule is CCCCCCC(C)C(=O)O.Cl.Cl. The lowest BCUT2D eigenvalue weighted by molar-refractivity contribution is -0.141. The van der Waals surface area contributed by atoms with E-state index in [1.54, 1.807) is 6.92 Å². The molecule has 0 fully saturated rings. The minimum Gasteiger partial charge on any atom is -0.481 e. The summed E-state index contributed by atoms with van der Waals surface area (Å²) in [6.07, 6.45) is 5.50. The van der Waals surface area contributed by atoms with Gasteiger partial charge >= 0.3 is 5.97 Å². The van der Waals surface area contributed by atoms with Gasteiger partial charge in [-0.05, 0) is 6.42 Å². The summed E-state index contributed by atoms with van der Waals surface area (Å²) in [6, 6.07) is 0. The van der Waals surface area contributed by atoms with E-state index in [4.69, 9.17) is 5.11 Å². The van der Waals surface area contributed by atoms with Crippen LogP contribution in [0, 0.1) is 5.92 Å². The molecule has 4 heteroatoms. The van der Waals surface area contributed by atoms with Crippen molar-refractivity contribution < 1.29 is 9.90 Å². The van der Waals surface area contributed by atoms with Crippen molar-refractivity contribution >= 4 is 30.8 Å². The number of carboxylic acids is 1. The lowest BCUT2D eigenvalue weighted by Crippen LogP contribution is -2.08. The van der Waals surface area contributed by atoms with Gasteiger partial charge < -0.3 is 5.11 Å². The molecule has 0 aliphatic rings. The number of aliphatic carboxylic acids is 1. The van der Waals surface area contributed by atoms with Crippen molar-refractivity contribution in [2.75, 3.05) is 0 Å². The highest BCUT2D eigenvalue weighted by molar-refractivity contribution is 5.85. The van der Waals surface area contributed by atoms with Crippen LogP contribution in [0.1, 0.15) is 46.0 Å². The zero-order valence-electron chi connectivity index (χ0n) is 8.28. The Morgan fingerprint density at radius 2 is 1.77 bits per heavy atom. The van der Waals surface area contributed by atoms with Crippen molar-refractivity contribution in [3.63, 3.8) is 0 Å². The van der Waals surface area contributed by atoms with Crippen LogP contribution in [0.25, 0.3) is 0 Å². The zero-order chi connectivity index (χ0) is 8.69. The van der Waals surface area contributed by atoms with Gasteiger partial charge in [0, 0.05) is 0 Å². The van der Waals surface area contributed by atoms with Gasteiger partial charge in [-0.2, -0.15) is 0 Å². The molecular weight excluding hydrogens is 211 g/mol. The Morgan fingerprint density at radius 3 is 2.15 bits per heavy atom. The fraction of sp³-hybridized carbons (Fsp3) is 0.889. The molecule has 0 aliphatic heterocycles. The van der Waals surface area contributed by atoms with Crippen LogP contribution < -0.4 is 0 Å². The third kappa shape index (κ3) is 12.1. The molecule has 0 aliphatic carbocycles. The number of hydrogen-bond acceptors (Lipinski definition) is 1. The largest absolute Gasteiger partial charge is 0.481 e. The van der Waals surface area contributed by atoms with E-state index >= 15 is 0 Å². The van der Waals surface area contributed by atoms with Crippen molar-refractivity contribution in [3.05, 3.63) is 0 Å². The second-order valence-electron chi connectivity index (χ2n) is 3.09.